The van der Waals surface area contributed by atoms with Gasteiger partial charge >= 0.3 is 0 Å². The predicted molar refractivity (Wildman–Crippen MR) is 95.0 cm³/mol. The Kier molecular flexibility index (Phi) is 5.35. The maximum absolute atomic E-state index is 12.5. The number of rotatable bonds is 5. The van der Waals surface area contributed by atoms with Crippen molar-refractivity contribution in [2.45, 2.75) is 5.75 Å². The minimum absolute atomic E-state index is 0.0137. The Morgan fingerprint density at radius 1 is 1.04 bits per heavy atom. The van der Waals surface area contributed by atoms with Crippen LogP contribution in [0.2, 0.25) is 0 Å². The highest BCUT2D eigenvalue weighted by atomic mass is 32.2. The van der Waals surface area contributed by atoms with Crippen LogP contribution in [-0.4, -0.2) is 49.7 Å². The van der Waals surface area contributed by atoms with E-state index in [4.69, 9.17) is 4.42 Å². The third kappa shape index (κ3) is 4.58. The van der Waals surface area contributed by atoms with Crippen molar-refractivity contribution in [1.82, 2.24) is 9.21 Å². The molecule has 6 nitrogen and oxygen atoms in total. The number of furan rings is 1. The number of carbonyl (C=O) groups is 1. The van der Waals surface area contributed by atoms with E-state index in [-0.39, 0.29) is 11.7 Å². The van der Waals surface area contributed by atoms with Crippen LogP contribution in [0.4, 0.5) is 0 Å². The minimum atomic E-state index is -3.37. The fourth-order valence-electron chi connectivity index (χ4n) is 2.71. The molecule has 1 aliphatic heterocycles. The lowest BCUT2D eigenvalue weighted by Gasteiger charge is -2.33. The molecule has 0 radical (unpaired) electrons. The molecule has 132 valence electrons. The molecule has 0 unspecified atom stereocenters. The summed E-state index contributed by atoms with van der Waals surface area (Å²) in [5.74, 6) is 0.453. The summed E-state index contributed by atoms with van der Waals surface area (Å²) < 4.78 is 31.6. The van der Waals surface area contributed by atoms with Gasteiger partial charge in [0.2, 0.25) is 15.9 Å². The van der Waals surface area contributed by atoms with E-state index in [9.17, 15) is 13.2 Å². The first-order chi connectivity index (χ1) is 12.0. The van der Waals surface area contributed by atoms with Gasteiger partial charge in [0.25, 0.3) is 0 Å². The maximum Gasteiger partial charge on any atom is 0.246 e. The fraction of sp³-hybridized carbons (Fsp3) is 0.278. The van der Waals surface area contributed by atoms with Crippen LogP contribution in [0.25, 0.3) is 6.08 Å². The van der Waals surface area contributed by atoms with Gasteiger partial charge < -0.3 is 9.32 Å². The van der Waals surface area contributed by atoms with Gasteiger partial charge in [-0.2, -0.15) is 4.31 Å². The smallest absolute Gasteiger partial charge is 0.246 e. The lowest BCUT2D eigenvalue weighted by atomic mass is 10.2. The van der Waals surface area contributed by atoms with E-state index < -0.39 is 10.0 Å². The molecule has 0 saturated carbocycles. The van der Waals surface area contributed by atoms with Gasteiger partial charge in [0, 0.05) is 32.3 Å². The predicted octanol–water partition coefficient (Wildman–Crippen LogP) is 1.97. The molecule has 2 heterocycles. The number of piperazine rings is 1. The van der Waals surface area contributed by atoms with Crippen LogP contribution >= 0.6 is 0 Å². The summed E-state index contributed by atoms with van der Waals surface area (Å²) in [5, 5.41) is 0. The normalized spacial score (nSPS) is 16.4. The van der Waals surface area contributed by atoms with Crippen molar-refractivity contribution in [3.8, 4) is 0 Å². The molecule has 0 atom stereocenters. The van der Waals surface area contributed by atoms with E-state index in [1.165, 1.54) is 10.4 Å². The molecular weight excluding hydrogens is 340 g/mol. The summed E-state index contributed by atoms with van der Waals surface area (Å²) in [6.07, 6.45) is 4.61. The number of sulfonamides is 1. The van der Waals surface area contributed by atoms with Gasteiger partial charge in [-0.05, 0) is 23.8 Å². The van der Waals surface area contributed by atoms with Crippen molar-refractivity contribution in [2.75, 3.05) is 26.2 Å². The molecule has 1 aliphatic rings. The van der Waals surface area contributed by atoms with Gasteiger partial charge in [0.05, 0.1) is 12.0 Å². The van der Waals surface area contributed by atoms with E-state index >= 15 is 0 Å². The summed E-state index contributed by atoms with van der Waals surface area (Å²) in [5.41, 5.74) is 0.766. The summed E-state index contributed by atoms with van der Waals surface area (Å²) in [6.45, 7) is 1.40. The molecule has 0 aliphatic carbocycles. The highest BCUT2D eigenvalue weighted by Crippen LogP contribution is 2.14. The van der Waals surface area contributed by atoms with Gasteiger partial charge in [-0.3, -0.25) is 4.79 Å². The Morgan fingerprint density at radius 2 is 1.76 bits per heavy atom. The van der Waals surface area contributed by atoms with Crippen LogP contribution < -0.4 is 0 Å². The van der Waals surface area contributed by atoms with Crippen LogP contribution in [0.1, 0.15) is 11.3 Å². The van der Waals surface area contributed by atoms with E-state index in [0.29, 0.717) is 31.9 Å². The number of carbonyl (C=O) groups excluding carboxylic acids is 1. The number of amides is 1. The third-order valence-electron chi connectivity index (χ3n) is 4.07. The highest BCUT2D eigenvalue weighted by Gasteiger charge is 2.28. The van der Waals surface area contributed by atoms with Crippen molar-refractivity contribution < 1.29 is 17.6 Å². The molecule has 3 rings (SSSR count). The van der Waals surface area contributed by atoms with Gasteiger partial charge in [0.15, 0.2) is 0 Å². The molecule has 0 spiro atoms. The third-order valence-corrected chi connectivity index (χ3v) is 5.92. The summed E-state index contributed by atoms with van der Waals surface area (Å²) in [6, 6.07) is 12.6. The van der Waals surface area contributed by atoms with Crippen molar-refractivity contribution in [3.05, 3.63) is 66.1 Å². The second-order valence-electron chi connectivity index (χ2n) is 5.81. The van der Waals surface area contributed by atoms with E-state index in [1.54, 1.807) is 41.5 Å². The molecule has 7 heteroatoms. The molecule has 1 aromatic carbocycles. The second kappa shape index (κ2) is 7.67. The number of benzene rings is 1. The molecule has 25 heavy (non-hydrogen) atoms. The van der Waals surface area contributed by atoms with Gasteiger partial charge in [-0.1, -0.05) is 30.3 Å². The zero-order chi connectivity index (χ0) is 17.7. The van der Waals surface area contributed by atoms with Crippen LogP contribution in [0.3, 0.4) is 0 Å². The Hall–Kier alpha value is -2.38. The largest absolute Gasteiger partial charge is 0.465 e. The van der Waals surface area contributed by atoms with Gasteiger partial charge in [0.1, 0.15) is 5.76 Å². The number of nitrogens with zero attached hydrogens (tertiary/aromatic N) is 2. The highest BCUT2D eigenvalue weighted by molar-refractivity contribution is 7.88. The zero-order valence-electron chi connectivity index (χ0n) is 13.7. The summed E-state index contributed by atoms with van der Waals surface area (Å²) >= 11 is 0. The molecule has 0 bridgehead atoms. The van der Waals surface area contributed by atoms with Gasteiger partial charge in [-0.25, -0.2) is 8.42 Å². The van der Waals surface area contributed by atoms with Crippen molar-refractivity contribution >= 4 is 22.0 Å². The Balaban J connectivity index is 1.55. The average molecular weight is 360 g/mol. The first-order valence-corrected chi connectivity index (χ1v) is 9.68. The van der Waals surface area contributed by atoms with Crippen LogP contribution in [-0.2, 0) is 20.6 Å². The molecular formula is C18H20N2O4S. The first kappa shape index (κ1) is 17.4. The molecule has 0 N–H and O–H groups in total. The Morgan fingerprint density at radius 3 is 2.40 bits per heavy atom. The monoisotopic (exact) mass is 360 g/mol. The lowest BCUT2D eigenvalue weighted by Crippen LogP contribution is -2.50. The van der Waals surface area contributed by atoms with Crippen molar-refractivity contribution in [3.63, 3.8) is 0 Å². The quantitative estimate of drug-likeness (QED) is 0.765. The molecule has 2 aromatic rings. The second-order valence-corrected chi connectivity index (χ2v) is 7.78. The van der Waals surface area contributed by atoms with Crippen molar-refractivity contribution in [1.29, 1.82) is 0 Å². The van der Waals surface area contributed by atoms with Gasteiger partial charge in [-0.15, -0.1) is 0 Å². The number of hydrogen-bond donors (Lipinski definition) is 0. The molecule has 1 fully saturated rings. The van der Waals surface area contributed by atoms with E-state index in [0.717, 1.165) is 5.56 Å². The van der Waals surface area contributed by atoms with Crippen LogP contribution in [0, 0.1) is 0 Å². The molecule has 1 aromatic heterocycles. The Labute approximate surface area is 147 Å². The van der Waals surface area contributed by atoms with Crippen molar-refractivity contribution in [2.24, 2.45) is 0 Å². The summed E-state index contributed by atoms with van der Waals surface area (Å²) in [7, 11) is -3.37. The Bertz CT molecular complexity index is 821. The molecule has 1 amide bonds. The zero-order valence-corrected chi connectivity index (χ0v) is 14.6. The average Bonchev–Trinajstić information content (AvgIpc) is 3.14. The topological polar surface area (TPSA) is 70.8 Å². The van der Waals surface area contributed by atoms with E-state index in [1.807, 2.05) is 18.2 Å². The standard InChI is InChI=1S/C18H20N2O4S/c21-18(9-8-17-7-4-14-24-17)19-10-12-20(13-11-19)25(22,23)15-16-5-2-1-3-6-16/h1-9,14H,10-13,15H2/b9-8+. The minimum Gasteiger partial charge on any atom is -0.465 e. The van der Waals surface area contributed by atoms with Crippen LogP contribution in [0.15, 0.2) is 59.2 Å². The number of hydrogen-bond acceptors (Lipinski definition) is 4. The lowest BCUT2D eigenvalue weighted by molar-refractivity contribution is -0.127. The summed E-state index contributed by atoms with van der Waals surface area (Å²) in [4.78, 5) is 13.8. The molecule has 1 saturated heterocycles. The SMILES string of the molecule is O=C(/C=C/c1ccco1)N1CCN(S(=O)(=O)Cc2ccccc2)CC1. The fourth-order valence-corrected chi connectivity index (χ4v) is 4.22. The first-order valence-electron chi connectivity index (χ1n) is 8.07. The van der Waals surface area contributed by atoms with E-state index in [2.05, 4.69) is 0 Å². The maximum atomic E-state index is 12.5. The van der Waals surface area contributed by atoms with Crippen LogP contribution in [0.5, 0.6) is 0 Å².